The van der Waals surface area contributed by atoms with Crippen molar-refractivity contribution in [1.29, 1.82) is 0 Å². The number of hydrogen-bond acceptors (Lipinski definition) is 6. The summed E-state index contributed by atoms with van der Waals surface area (Å²) in [5, 5.41) is 17.1. The number of amides is 1. The number of rotatable bonds is 8. The summed E-state index contributed by atoms with van der Waals surface area (Å²) in [5.74, 6) is -0.221. The Balaban J connectivity index is 1.88. The first kappa shape index (κ1) is 16.3. The van der Waals surface area contributed by atoms with Gasteiger partial charge in [-0.3, -0.25) is 4.79 Å². The first-order valence-electron chi connectivity index (χ1n) is 6.73. The average molecular weight is 325 g/mol. The highest BCUT2D eigenvalue weighted by Crippen LogP contribution is 2.19. The van der Waals surface area contributed by atoms with Gasteiger partial charge in [0.25, 0.3) is 5.91 Å². The van der Waals surface area contributed by atoms with E-state index in [0.29, 0.717) is 36.0 Å². The van der Waals surface area contributed by atoms with Crippen LogP contribution in [-0.2, 0) is 4.74 Å². The maximum atomic E-state index is 12.1. The molecule has 8 nitrogen and oxygen atoms in total. The molecule has 0 saturated heterocycles. The molecule has 0 spiro atoms. The molecule has 0 radical (unpaired) electrons. The lowest BCUT2D eigenvalue weighted by molar-refractivity contribution is 0.0954. The summed E-state index contributed by atoms with van der Waals surface area (Å²) in [4.78, 5) is 12.1. The average Bonchev–Trinajstić information content (AvgIpc) is 3.04. The van der Waals surface area contributed by atoms with Crippen LogP contribution in [0, 0.1) is 0 Å². The number of nitrogens with zero attached hydrogens (tertiary/aromatic N) is 4. The number of halogens is 1. The minimum absolute atomic E-state index is 0.221. The van der Waals surface area contributed by atoms with Crippen LogP contribution in [0.4, 0.5) is 0 Å². The number of nitrogens with one attached hydrogen (secondary N) is 2. The SMILES string of the molecule is COCCNCCNC(=O)c1ccc(-n2cnnn2)cc1Cl. The molecule has 0 unspecified atom stereocenters. The maximum Gasteiger partial charge on any atom is 0.252 e. The molecule has 0 aliphatic carbocycles. The number of aromatic nitrogens is 4. The van der Waals surface area contributed by atoms with E-state index in [4.69, 9.17) is 16.3 Å². The number of carbonyl (C=O) groups excluding carboxylic acids is 1. The fraction of sp³-hybridized carbons (Fsp3) is 0.385. The monoisotopic (exact) mass is 324 g/mol. The molecule has 22 heavy (non-hydrogen) atoms. The van der Waals surface area contributed by atoms with E-state index in [1.165, 1.54) is 11.0 Å². The van der Waals surface area contributed by atoms with E-state index in [1.807, 2.05) is 0 Å². The smallest absolute Gasteiger partial charge is 0.252 e. The van der Waals surface area contributed by atoms with E-state index in [2.05, 4.69) is 26.2 Å². The summed E-state index contributed by atoms with van der Waals surface area (Å²) in [5.41, 5.74) is 1.10. The fourth-order valence-electron chi connectivity index (χ4n) is 1.77. The predicted octanol–water partition coefficient (Wildman–Crippen LogP) is 0.281. The Morgan fingerprint density at radius 2 is 2.23 bits per heavy atom. The lowest BCUT2D eigenvalue weighted by Crippen LogP contribution is -2.33. The lowest BCUT2D eigenvalue weighted by Gasteiger charge is -2.09. The Morgan fingerprint density at radius 3 is 2.91 bits per heavy atom. The van der Waals surface area contributed by atoms with Crippen molar-refractivity contribution in [3.05, 3.63) is 35.1 Å². The molecule has 0 aliphatic rings. The zero-order valence-electron chi connectivity index (χ0n) is 12.1. The number of tetrazole rings is 1. The molecule has 0 fully saturated rings. The van der Waals surface area contributed by atoms with E-state index in [9.17, 15) is 4.79 Å². The molecule has 1 heterocycles. The van der Waals surface area contributed by atoms with Crippen LogP contribution in [0.3, 0.4) is 0 Å². The van der Waals surface area contributed by atoms with Crippen molar-refractivity contribution in [2.24, 2.45) is 0 Å². The van der Waals surface area contributed by atoms with Crippen LogP contribution in [0.5, 0.6) is 0 Å². The molecule has 0 saturated carbocycles. The van der Waals surface area contributed by atoms with Crippen LogP contribution < -0.4 is 10.6 Å². The predicted molar refractivity (Wildman–Crippen MR) is 81.2 cm³/mol. The zero-order valence-corrected chi connectivity index (χ0v) is 12.9. The zero-order chi connectivity index (χ0) is 15.8. The van der Waals surface area contributed by atoms with Gasteiger partial charge >= 0.3 is 0 Å². The van der Waals surface area contributed by atoms with Crippen LogP contribution in [0.2, 0.25) is 5.02 Å². The molecule has 1 aromatic carbocycles. The molecule has 2 aromatic rings. The number of hydrogen-bond donors (Lipinski definition) is 2. The summed E-state index contributed by atoms with van der Waals surface area (Å²) in [6, 6.07) is 5.02. The van der Waals surface area contributed by atoms with Crippen molar-refractivity contribution in [2.75, 3.05) is 33.4 Å². The van der Waals surface area contributed by atoms with Gasteiger partial charge in [-0.25, -0.2) is 4.68 Å². The van der Waals surface area contributed by atoms with Gasteiger partial charge in [0.05, 0.1) is 22.9 Å². The highest BCUT2D eigenvalue weighted by molar-refractivity contribution is 6.34. The second-order valence-electron chi connectivity index (χ2n) is 4.42. The molecule has 9 heteroatoms. The Kier molecular flexibility index (Phi) is 6.26. The third-order valence-corrected chi connectivity index (χ3v) is 3.19. The first-order valence-corrected chi connectivity index (χ1v) is 7.11. The van der Waals surface area contributed by atoms with Crippen molar-refractivity contribution in [3.8, 4) is 5.69 Å². The lowest BCUT2D eigenvalue weighted by atomic mass is 10.2. The molecular weight excluding hydrogens is 308 g/mol. The van der Waals surface area contributed by atoms with Gasteiger partial charge in [-0.15, -0.1) is 5.10 Å². The van der Waals surface area contributed by atoms with Gasteiger partial charge in [0.1, 0.15) is 6.33 Å². The summed E-state index contributed by atoms with van der Waals surface area (Å²) in [6.45, 7) is 2.55. The van der Waals surface area contributed by atoms with Crippen LogP contribution in [0.25, 0.3) is 5.69 Å². The maximum absolute atomic E-state index is 12.1. The second-order valence-corrected chi connectivity index (χ2v) is 4.82. The van der Waals surface area contributed by atoms with Crippen LogP contribution in [0.15, 0.2) is 24.5 Å². The Labute approximate surface area is 132 Å². The van der Waals surface area contributed by atoms with Crippen LogP contribution in [-0.4, -0.2) is 59.5 Å². The van der Waals surface area contributed by atoms with E-state index in [0.717, 1.165) is 6.54 Å². The molecule has 2 N–H and O–H groups in total. The van der Waals surface area contributed by atoms with E-state index >= 15 is 0 Å². The fourth-order valence-corrected chi connectivity index (χ4v) is 2.03. The van der Waals surface area contributed by atoms with E-state index in [-0.39, 0.29) is 5.91 Å². The van der Waals surface area contributed by atoms with Gasteiger partial charge in [-0.2, -0.15) is 0 Å². The highest BCUT2D eigenvalue weighted by Gasteiger charge is 2.11. The van der Waals surface area contributed by atoms with E-state index < -0.39 is 0 Å². The minimum Gasteiger partial charge on any atom is -0.383 e. The molecule has 2 rings (SSSR count). The summed E-state index contributed by atoms with van der Waals surface area (Å²) in [6.07, 6.45) is 1.46. The van der Waals surface area contributed by atoms with Crippen LogP contribution in [0.1, 0.15) is 10.4 Å². The van der Waals surface area contributed by atoms with E-state index in [1.54, 1.807) is 25.3 Å². The molecule has 1 aromatic heterocycles. The summed E-state index contributed by atoms with van der Waals surface area (Å²) in [7, 11) is 1.64. The molecule has 1 amide bonds. The second kappa shape index (κ2) is 8.42. The minimum atomic E-state index is -0.221. The van der Waals surface area contributed by atoms with Crippen molar-refractivity contribution in [3.63, 3.8) is 0 Å². The molecular formula is C13H17ClN6O2. The molecule has 0 atom stereocenters. The Bertz CT molecular complexity index is 605. The third-order valence-electron chi connectivity index (χ3n) is 2.88. The number of methoxy groups -OCH3 is 1. The molecule has 118 valence electrons. The van der Waals surface area contributed by atoms with Gasteiger partial charge in [-0.1, -0.05) is 11.6 Å². The third kappa shape index (κ3) is 4.48. The van der Waals surface area contributed by atoms with Gasteiger partial charge in [0.15, 0.2) is 0 Å². The topological polar surface area (TPSA) is 94.0 Å². The van der Waals surface area contributed by atoms with Gasteiger partial charge in [0, 0.05) is 26.7 Å². The van der Waals surface area contributed by atoms with Crippen molar-refractivity contribution >= 4 is 17.5 Å². The number of ether oxygens (including phenoxy) is 1. The summed E-state index contributed by atoms with van der Waals surface area (Å²) >= 11 is 6.15. The number of benzene rings is 1. The van der Waals surface area contributed by atoms with Crippen LogP contribution >= 0.6 is 11.6 Å². The Morgan fingerprint density at radius 1 is 1.36 bits per heavy atom. The quantitative estimate of drug-likeness (QED) is 0.677. The van der Waals surface area contributed by atoms with Gasteiger partial charge in [0.2, 0.25) is 0 Å². The highest BCUT2D eigenvalue weighted by atomic mass is 35.5. The molecule has 0 bridgehead atoms. The largest absolute Gasteiger partial charge is 0.383 e. The molecule has 0 aliphatic heterocycles. The van der Waals surface area contributed by atoms with Crippen molar-refractivity contribution in [2.45, 2.75) is 0 Å². The van der Waals surface area contributed by atoms with Crippen molar-refractivity contribution in [1.82, 2.24) is 30.8 Å². The van der Waals surface area contributed by atoms with Gasteiger partial charge < -0.3 is 15.4 Å². The Hall–Kier alpha value is -2.03. The van der Waals surface area contributed by atoms with Gasteiger partial charge in [-0.05, 0) is 28.6 Å². The normalized spacial score (nSPS) is 10.6. The standard InChI is InChI=1S/C13H17ClN6O2/c1-22-7-6-15-4-5-16-13(21)11-3-2-10(8-12(11)14)20-9-17-18-19-20/h2-3,8-9,15H,4-7H2,1H3,(H,16,21). The number of carbonyl (C=O) groups is 1. The first-order chi connectivity index (χ1) is 10.7. The van der Waals surface area contributed by atoms with Crippen molar-refractivity contribution < 1.29 is 9.53 Å². The summed E-state index contributed by atoms with van der Waals surface area (Å²) < 4.78 is 6.38.